The van der Waals surface area contributed by atoms with E-state index in [9.17, 15) is 8.42 Å². The average molecular weight is 324 g/mol. The number of anilines is 1. The summed E-state index contributed by atoms with van der Waals surface area (Å²) in [4.78, 5) is 2.34. The van der Waals surface area contributed by atoms with Crippen molar-refractivity contribution in [2.24, 2.45) is 5.92 Å². The fourth-order valence-corrected chi connectivity index (χ4v) is 4.91. The van der Waals surface area contributed by atoms with Gasteiger partial charge in [0.2, 0.25) is 0 Å². The fraction of sp³-hybridized carbons (Fsp3) is 0.600. The molecule has 6 nitrogen and oxygen atoms in total. The molecule has 1 aliphatic carbocycles. The van der Waals surface area contributed by atoms with Crippen LogP contribution in [-0.2, 0) is 21.1 Å². The van der Waals surface area contributed by atoms with E-state index in [1.807, 2.05) is 0 Å². The van der Waals surface area contributed by atoms with E-state index in [1.165, 1.54) is 16.8 Å². The molecule has 0 amide bonds. The Hall–Kier alpha value is -1.15. The lowest BCUT2D eigenvalue weighted by atomic mass is 9.82. The van der Waals surface area contributed by atoms with Gasteiger partial charge in [-0.25, -0.2) is 4.18 Å². The summed E-state index contributed by atoms with van der Waals surface area (Å²) in [6.07, 6.45) is 1.15. The molecule has 7 heteroatoms. The zero-order valence-corrected chi connectivity index (χ0v) is 13.1. The van der Waals surface area contributed by atoms with Gasteiger partial charge in [-0.1, -0.05) is 18.2 Å². The van der Waals surface area contributed by atoms with Gasteiger partial charge in [0.1, 0.15) is 0 Å². The number of rotatable bonds is 2. The molecule has 3 unspecified atom stereocenters. The Kier molecular flexibility index (Phi) is 3.41. The smallest absolute Gasteiger partial charge is 0.369 e. The first-order valence-corrected chi connectivity index (χ1v) is 9.12. The highest BCUT2D eigenvalue weighted by Gasteiger charge is 2.45. The molecule has 0 aromatic heterocycles. The van der Waals surface area contributed by atoms with E-state index in [4.69, 9.17) is 8.74 Å². The lowest BCUT2D eigenvalue weighted by molar-refractivity contribution is 0.140. The Morgan fingerprint density at radius 1 is 1.32 bits per heavy atom. The highest BCUT2D eigenvalue weighted by Crippen LogP contribution is 2.50. The first kappa shape index (κ1) is 14.4. The Morgan fingerprint density at radius 3 is 3.00 bits per heavy atom. The molecule has 1 aromatic carbocycles. The topological polar surface area (TPSA) is 78.9 Å². The van der Waals surface area contributed by atoms with Gasteiger partial charge in [0.15, 0.2) is 0 Å². The Morgan fingerprint density at radius 2 is 2.18 bits per heavy atom. The normalized spacial score (nSPS) is 30.6. The van der Waals surface area contributed by atoms with E-state index in [2.05, 4.69) is 28.4 Å². The monoisotopic (exact) mass is 324 g/mol. The first-order valence-electron chi connectivity index (χ1n) is 7.76. The highest BCUT2D eigenvalue weighted by molar-refractivity contribution is 7.80. The minimum Gasteiger partial charge on any atom is -0.369 e. The maximum absolute atomic E-state index is 11.1. The summed E-state index contributed by atoms with van der Waals surface area (Å²) in [6.45, 7) is 3.49. The van der Waals surface area contributed by atoms with Crippen molar-refractivity contribution in [2.75, 3.05) is 24.5 Å². The quantitative estimate of drug-likeness (QED) is 0.798. The van der Waals surface area contributed by atoms with Crippen LogP contribution in [0.2, 0.25) is 0 Å². The lowest BCUT2D eigenvalue weighted by Gasteiger charge is -2.40. The predicted molar refractivity (Wildman–Crippen MR) is 82.2 cm³/mol. The van der Waals surface area contributed by atoms with E-state index in [1.54, 1.807) is 0 Å². The summed E-state index contributed by atoms with van der Waals surface area (Å²) in [5, 5.41) is 3.43. The SMILES string of the molecule is O=S(=O)(O)OC1CCC2c3cccc4c3N(CCNC4)CC12. The van der Waals surface area contributed by atoms with Crippen LogP contribution in [0, 0.1) is 5.92 Å². The highest BCUT2D eigenvalue weighted by atomic mass is 32.3. The van der Waals surface area contributed by atoms with Crippen molar-refractivity contribution in [3.63, 3.8) is 0 Å². The molecule has 0 bridgehead atoms. The van der Waals surface area contributed by atoms with Gasteiger partial charge in [-0.2, -0.15) is 8.42 Å². The van der Waals surface area contributed by atoms with Crippen LogP contribution in [0.3, 0.4) is 0 Å². The van der Waals surface area contributed by atoms with Gasteiger partial charge in [-0.15, -0.1) is 0 Å². The van der Waals surface area contributed by atoms with E-state index < -0.39 is 16.5 Å². The van der Waals surface area contributed by atoms with Gasteiger partial charge < -0.3 is 10.2 Å². The largest absolute Gasteiger partial charge is 0.397 e. The minimum absolute atomic E-state index is 0.114. The molecule has 2 aliphatic heterocycles. The maximum Gasteiger partial charge on any atom is 0.397 e. The molecule has 1 aromatic rings. The molecule has 0 spiro atoms. The zero-order valence-electron chi connectivity index (χ0n) is 12.2. The summed E-state index contributed by atoms with van der Waals surface area (Å²) in [6, 6.07) is 6.40. The van der Waals surface area contributed by atoms with Crippen LogP contribution < -0.4 is 10.2 Å². The first-order chi connectivity index (χ1) is 10.5. The van der Waals surface area contributed by atoms with Crippen molar-refractivity contribution >= 4 is 16.1 Å². The average Bonchev–Trinajstić information content (AvgIpc) is 2.72. The maximum atomic E-state index is 11.1. The molecular weight excluding hydrogens is 304 g/mol. The molecule has 2 N–H and O–H groups in total. The number of para-hydroxylation sites is 1. The van der Waals surface area contributed by atoms with E-state index >= 15 is 0 Å². The van der Waals surface area contributed by atoms with Gasteiger partial charge in [-0.05, 0) is 29.9 Å². The second-order valence-electron chi connectivity index (χ2n) is 6.39. The summed E-state index contributed by atoms with van der Waals surface area (Å²) >= 11 is 0. The summed E-state index contributed by atoms with van der Waals surface area (Å²) in [7, 11) is -4.39. The van der Waals surface area contributed by atoms with Gasteiger partial charge in [0, 0.05) is 37.8 Å². The van der Waals surface area contributed by atoms with E-state index in [-0.39, 0.29) is 5.92 Å². The number of nitrogens with zero attached hydrogens (tertiary/aromatic N) is 1. The molecule has 1 saturated carbocycles. The summed E-state index contributed by atoms with van der Waals surface area (Å²) in [5.41, 5.74) is 3.94. The van der Waals surface area contributed by atoms with E-state index in [0.29, 0.717) is 12.3 Å². The number of fused-ring (bicyclic) bond motifs is 2. The van der Waals surface area contributed by atoms with E-state index in [0.717, 1.165) is 32.6 Å². The van der Waals surface area contributed by atoms with Crippen LogP contribution in [0.15, 0.2) is 18.2 Å². The molecule has 1 fully saturated rings. The summed E-state index contributed by atoms with van der Waals surface area (Å²) < 4.78 is 36.1. The molecular formula is C15H20N2O4S. The summed E-state index contributed by atoms with van der Waals surface area (Å²) in [5.74, 6) is 0.429. The second kappa shape index (κ2) is 5.19. The molecule has 4 rings (SSSR count). The standard InChI is InChI=1S/C15H20N2O4S/c18-22(19,20)21-14-5-4-11-12-3-1-2-10-8-16-6-7-17(15(10)12)9-13(11)14/h1-3,11,13-14,16H,4-9H2,(H,18,19,20). The van der Waals surface area contributed by atoms with Crippen LogP contribution in [0.25, 0.3) is 0 Å². The van der Waals surface area contributed by atoms with Gasteiger partial charge in [0.05, 0.1) is 6.10 Å². The third-order valence-electron chi connectivity index (χ3n) is 5.17. The molecule has 22 heavy (non-hydrogen) atoms. The molecule has 3 aliphatic rings. The van der Waals surface area contributed by atoms with Crippen LogP contribution in [0.1, 0.15) is 29.9 Å². The van der Waals surface area contributed by atoms with Crippen molar-refractivity contribution in [3.05, 3.63) is 29.3 Å². The Balaban J connectivity index is 1.72. The number of nitrogens with one attached hydrogen (secondary N) is 1. The number of hydrogen-bond acceptors (Lipinski definition) is 5. The third kappa shape index (κ3) is 2.42. The molecule has 0 radical (unpaired) electrons. The third-order valence-corrected chi connectivity index (χ3v) is 5.66. The van der Waals surface area contributed by atoms with Gasteiger partial charge >= 0.3 is 10.4 Å². The minimum atomic E-state index is -4.39. The van der Waals surface area contributed by atoms with Crippen molar-refractivity contribution in [1.29, 1.82) is 0 Å². The van der Waals surface area contributed by atoms with Crippen LogP contribution >= 0.6 is 0 Å². The number of benzene rings is 1. The van der Waals surface area contributed by atoms with Gasteiger partial charge in [0.25, 0.3) is 0 Å². The lowest BCUT2D eigenvalue weighted by Crippen LogP contribution is -2.42. The Bertz CT molecular complexity index is 691. The van der Waals surface area contributed by atoms with Crippen molar-refractivity contribution in [1.82, 2.24) is 5.32 Å². The Labute approximate surface area is 130 Å². The van der Waals surface area contributed by atoms with Crippen LogP contribution in [0.4, 0.5) is 5.69 Å². The van der Waals surface area contributed by atoms with Crippen molar-refractivity contribution in [3.8, 4) is 0 Å². The zero-order chi connectivity index (χ0) is 15.3. The van der Waals surface area contributed by atoms with Gasteiger partial charge in [-0.3, -0.25) is 4.55 Å². The molecule has 3 atom stereocenters. The molecule has 0 saturated heterocycles. The van der Waals surface area contributed by atoms with Crippen molar-refractivity contribution in [2.45, 2.75) is 31.4 Å². The van der Waals surface area contributed by atoms with Crippen LogP contribution in [-0.4, -0.2) is 38.7 Å². The number of hydrogen-bond donors (Lipinski definition) is 2. The predicted octanol–water partition coefficient (Wildman–Crippen LogP) is 1.29. The van der Waals surface area contributed by atoms with Crippen molar-refractivity contribution < 1.29 is 17.2 Å². The fourth-order valence-electron chi connectivity index (χ4n) is 4.36. The molecule has 2 heterocycles. The molecule has 120 valence electrons. The second-order valence-corrected chi connectivity index (χ2v) is 7.44. The van der Waals surface area contributed by atoms with Crippen LogP contribution in [0.5, 0.6) is 0 Å².